The summed E-state index contributed by atoms with van der Waals surface area (Å²) in [5, 5.41) is 3.24. The van der Waals surface area contributed by atoms with Crippen molar-refractivity contribution in [1.82, 2.24) is 5.32 Å². The highest BCUT2D eigenvalue weighted by Crippen LogP contribution is 2.32. The first-order valence-electron chi connectivity index (χ1n) is 11.2. The summed E-state index contributed by atoms with van der Waals surface area (Å²) in [5.74, 6) is 0.315. The van der Waals surface area contributed by atoms with Crippen LogP contribution in [0, 0.1) is 0 Å². The molecule has 5 rings (SSSR count). The number of rotatable bonds is 5. The van der Waals surface area contributed by atoms with Crippen molar-refractivity contribution < 1.29 is 9.59 Å². The third kappa shape index (κ3) is 4.17. The van der Waals surface area contributed by atoms with E-state index in [9.17, 15) is 9.59 Å². The van der Waals surface area contributed by atoms with Crippen LogP contribution < -0.4 is 10.2 Å². The minimum Gasteiger partial charge on any atom is -0.345 e. The molecule has 0 saturated carbocycles. The van der Waals surface area contributed by atoms with E-state index in [0.29, 0.717) is 11.3 Å². The number of hydrogen-bond donors (Lipinski definition) is 1. The van der Waals surface area contributed by atoms with E-state index in [2.05, 4.69) is 29.6 Å². The van der Waals surface area contributed by atoms with E-state index >= 15 is 0 Å². The third-order valence-electron chi connectivity index (χ3n) is 6.35. The number of nitrogens with one attached hydrogen (secondary N) is 1. The van der Waals surface area contributed by atoms with Crippen LogP contribution in [0.2, 0.25) is 0 Å². The van der Waals surface area contributed by atoms with Crippen molar-refractivity contribution in [2.24, 2.45) is 0 Å². The Kier molecular flexibility index (Phi) is 5.99. The number of thioether (sulfide) groups is 1. The summed E-state index contributed by atoms with van der Waals surface area (Å²) in [5.41, 5.74) is 5.41. The highest BCUT2D eigenvalue weighted by Gasteiger charge is 2.25. The molecule has 1 N–H and O–H groups in total. The van der Waals surface area contributed by atoms with Crippen LogP contribution in [0.5, 0.6) is 0 Å². The summed E-state index contributed by atoms with van der Waals surface area (Å²) in [4.78, 5) is 28.8. The molecule has 1 heterocycles. The van der Waals surface area contributed by atoms with Gasteiger partial charge in [0.25, 0.3) is 5.91 Å². The maximum atomic E-state index is 13.2. The Morgan fingerprint density at radius 1 is 0.906 bits per heavy atom. The van der Waals surface area contributed by atoms with Gasteiger partial charge in [-0.25, -0.2) is 0 Å². The lowest BCUT2D eigenvalue weighted by molar-refractivity contribution is -0.116. The van der Waals surface area contributed by atoms with Crippen LogP contribution in [0.3, 0.4) is 0 Å². The van der Waals surface area contributed by atoms with Gasteiger partial charge < -0.3 is 10.2 Å². The number of aryl methyl sites for hydroxylation is 1. The predicted octanol–water partition coefficient (Wildman–Crippen LogP) is 5.18. The lowest BCUT2D eigenvalue weighted by atomic mass is 9.87. The van der Waals surface area contributed by atoms with Crippen LogP contribution in [-0.2, 0) is 17.6 Å². The highest BCUT2D eigenvalue weighted by molar-refractivity contribution is 8.00. The minimum atomic E-state index is -0.0752. The van der Waals surface area contributed by atoms with Crippen LogP contribution in [0.25, 0.3) is 0 Å². The molecule has 0 saturated heterocycles. The van der Waals surface area contributed by atoms with Gasteiger partial charge in [-0.15, -0.1) is 11.8 Å². The van der Waals surface area contributed by atoms with E-state index in [4.69, 9.17) is 0 Å². The quantitative estimate of drug-likeness (QED) is 0.554. The number of hydrogen-bond acceptors (Lipinski definition) is 3. The molecular formula is C27H26N2O2S. The fourth-order valence-electron chi connectivity index (χ4n) is 4.73. The van der Waals surface area contributed by atoms with Gasteiger partial charge in [0.05, 0.1) is 17.4 Å². The van der Waals surface area contributed by atoms with Crippen LogP contribution >= 0.6 is 11.8 Å². The van der Waals surface area contributed by atoms with E-state index < -0.39 is 0 Å². The van der Waals surface area contributed by atoms with Crippen molar-refractivity contribution in [2.45, 2.75) is 36.6 Å². The molecule has 2 amide bonds. The zero-order valence-corrected chi connectivity index (χ0v) is 18.7. The number of nitrogens with zero attached hydrogens (tertiary/aromatic N) is 1. The van der Waals surface area contributed by atoms with Gasteiger partial charge >= 0.3 is 0 Å². The zero-order valence-electron chi connectivity index (χ0n) is 17.9. The van der Waals surface area contributed by atoms with E-state index in [1.54, 1.807) is 0 Å². The lowest BCUT2D eigenvalue weighted by Gasteiger charge is -2.26. The number of amides is 2. The predicted molar refractivity (Wildman–Crippen MR) is 129 cm³/mol. The largest absolute Gasteiger partial charge is 0.345 e. The number of para-hydroxylation sites is 1. The van der Waals surface area contributed by atoms with Crippen LogP contribution in [0.15, 0.2) is 77.7 Å². The van der Waals surface area contributed by atoms with Gasteiger partial charge in [-0.3, -0.25) is 9.59 Å². The first kappa shape index (κ1) is 20.8. The molecule has 1 aliphatic heterocycles. The van der Waals surface area contributed by atoms with E-state index in [1.165, 1.54) is 28.5 Å². The molecule has 0 radical (unpaired) electrons. The average Bonchev–Trinajstić information content (AvgIpc) is 3.27. The molecule has 32 heavy (non-hydrogen) atoms. The first-order chi connectivity index (χ1) is 15.7. The molecule has 2 aliphatic rings. The van der Waals surface area contributed by atoms with Gasteiger partial charge in [0.2, 0.25) is 5.91 Å². The minimum absolute atomic E-state index is 0.0354. The topological polar surface area (TPSA) is 49.4 Å². The normalized spacial score (nSPS) is 16.9. The van der Waals surface area contributed by atoms with Crippen molar-refractivity contribution in [3.8, 4) is 0 Å². The lowest BCUT2D eigenvalue weighted by Crippen LogP contribution is -2.32. The number of benzene rings is 3. The summed E-state index contributed by atoms with van der Waals surface area (Å²) in [7, 11) is 0. The van der Waals surface area contributed by atoms with E-state index in [-0.39, 0.29) is 17.9 Å². The molecule has 5 heteroatoms. The molecule has 0 spiro atoms. The SMILES string of the molecule is O=C(N[C@@H]1CCCc2ccccc21)c1ccccc1SCC(=O)N1CCc2ccccc21. The summed E-state index contributed by atoms with van der Waals surface area (Å²) in [6.07, 6.45) is 3.99. The number of anilines is 1. The Labute approximate surface area is 193 Å². The second-order valence-corrected chi connectivity index (χ2v) is 9.34. The fourth-order valence-corrected chi connectivity index (χ4v) is 5.66. The van der Waals surface area contributed by atoms with Gasteiger partial charge in [0.15, 0.2) is 0 Å². The molecule has 4 nitrogen and oxygen atoms in total. The first-order valence-corrected chi connectivity index (χ1v) is 12.2. The highest BCUT2D eigenvalue weighted by atomic mass is 32.2. The van der Waals surface area contributed by atoms with Crippen molar-refractivity contribution in [2.75, 3.05) is 17.2 Å². The summed E-state index contributed by atoms with van der Waals surface area (Å²) in [6, 6.07) is 24.1. The molecule has 0 unspecified atom stereocenters. The molecule has 1 aliphatic carbocycles. The molecule has 0 fully saturated rings. The van der Waals surface area contributed by atoms with Gasteiger partial charge in [0, 0.05) is 17.1 Å². The Morgan fingerprint density at radius 3 is 2.56 bits per heavy atom. The van der Waals surface area contributed by atoms with E-state index in [1.807, 2.05) is 53.4 Å². The molecular weight excluding hydrogens is 416 g/mol. The average molecular weight is 443 g/mol. The number of fused-ring (bicyclic) bond motifs is 2. The summed E-state index contributed by atoms with van der Waals surface area (Å²) < 4.78 is 0. The Balaban J connectivity index is 1.28. The Morgan fingerprint density at radius 2 is 1.66 bits per heavy atom. The van der Waals surface area contributed by atoms with Crippen LogP contribution in [-0.4, -0.2) is 24.1 Å². The maximum Gasteiger partial charge on any atom is 0.252 e. The van der Waals surface area contributed by atoms with Crippen molar-refractivity contribution >= 4 is 29.3 Å². The van der Waals surface area contributed by atoms with Gasteiger partial charge in [-0.2, -0.15) is 0 Å². The van der Waals surface area contributed by atoms with Crippen LogP contribution in [0.4, 0.5) is 5.69 Å². The second kappa shape index (κ2) is 9.21. The van der Waals surface area contributed by atoms with Gasteiger partial charge in [-0.05, 0) is 60.6 Å². The molecule has 0 aromatic heterocycles. The summed E-state index contributed by atoms with van der Waals surface area (Å²) in [6.45, 7) is 0.724. The fraction of sp³-hybridized carbons (Fsp3) is 0.259. The second-order valence-electron chi connectivity index (χ2n) is 8.33. The summed E-state index contributed by atoms with van der Waals surface area (Å²) >= 11 is 1.44. The molecule has 3 aromatic carbocycles. The molecule has 0 bridgehead atoms. The Hall–Kier alpha value is -3.05. The standard InChI is InChI=1S/C27H26N2O2S/c30-26(29-17-16-20-9-2-5-14-24(20)29)18-32-25-15-6-4-12-22(25)27(31)28-23-13-7-10-19-8-1-3-11-21(19)23/h1-6,8-9,11-12,14-15,23H,7,10,13,16-18H2,(H,28,31)/t23-/m1/s1. The zero-order chi connectivity index (χ0) is 21.9. The van der Waals surface area contributed by atoms with Crippen LogP contribution in [0.1, 0.15) is 45.9 Å². The van der Waals surface area contributed by atoms with Gasteiger partial charge in [-0.1, -0.05) is 54.6 Å². The molecule has 1 atom stereocenters. The maximum absolute atomic E-state index is 13.2. The number of carbonyl (C=O) groups is 2. The molecule has 162 valence electrons. The van der Waals surface area contributed by atoms with E-state index in [0.717, 1.165) is 42.8 Å². The monoisotopic (exact) mass is 442 g/mol. The Bertz CT molecular complexity index is 1160. The number of carbonyl (C=O) groups excluding carboxylic acids is 2. The third-order valence-corrected chi connectivity index (χ3v) is 7.40. The van der Waals surface area contributed by atoms with Crippen molar-refractivity contribution in [3.05, 3.63) is 95.1 Å². The van der Waals surface area contributed by atoms with Crippen molar-refractivity contribution in [3.63, 3.8) is 0 Å². The van der Waals surface area contributed by atoms with Crippen molar-refractivity contribution in [1.29, 1.82) is 0 Å². The smallest absolute Gasteiger partial charge is 0.252 e. The van der Waals surface area contributed by atoms with Gasteiger partial charge in [0.1, 0.15) is 0 Å². The molecule has 3 aromatic rings.